The topological polar surface area (TPSA) is 69.7 Å². The van der Waals surface area contributed by atoms with Crippen LogP contribution >= 0.6 is 0 Å². The molecule has 5 nitrogen and oxygen atoms in total. The maximum absolute atomic E-state index is 12.4. The molecule has 0 saturated heterocycles. The number of esters is 1. The van der Waals surface area contributed by atoms with Gasteiger partial charge in [-0.3, -0.25) is 0 Å². The van der Waals surface area contributed by atoms with Crippen molar-refractivity contribution in [3.8, 4) is 0 Å². The minimum Gasteiger partial charge on any atom is -0.460 e. The van der Waals surface area contributed by atoms with Gasteiger partial charge in [-0.15, -0.1) is 0 Å². The van der Waals surface area contributed by atoms with Gasteiger partial charge < -0.3 is 9.47 Å². The first kappa shape index (κ1) is 19.1. The summed E-state index contributed by atoms with van der Waals surface area (Å²) >= 11 is 0. The van der Waals surface area contributed by atoms with Crippen LogP contribution in [0, 0.1) is 0 Å². The first-order valence-corrected chi connectivity index (χ1v) is 9.69. The highest BCUT2D eigenvalue weighted by molar-refractivity contribution is 7.90. The molecule has 0 amide bonds. The Morgan fingerprint density at radius 1 is 1.00 bits per heavy atom. The van der Waals surface area contributed by atoms with E-state index in [1.807, 2.05) is 13.8 Å². The van der Waals surface area contributed by atoms with Crippen LogP contribution in [-0.4, -0.2) is 33.7 Å². The molecule has 0 N–H and O–H groups in total. The van der Waals surface area contributed by atoms with Crippen LogP contribution in [0.5, 0.6) is 0 Å². The third-order valence-corrected chi connectivity index (χ3v) is 5.09. The molecule has 0 atom stereocenters. The molecule has 0 aliphatic heterocycles. The number of sulfone groups is 1. The molecule has 0 spiro atoms. The molecule has 0 aromatic heterocycles. The molecule has 0 fully saturated rings. The van der Waals surface area contributed by atoms with Gasteiger partial charge in [0, 0.05) is 0 Å². The summed E-state index contributed by atoms with van der Waals surface area (Å²) in [6.07, 6.45) is 0.0743. The monoisotopic (exact) mass is 362 g/mol. The van der Waals surface area contributed by atoms with Gasteiger partial charge in [0.25, 0.3) is 0 Å². The Hall–Kier alpha value is -2.18. The van der Waals surface area contributed by atoms with Crippen LogP contribution in [0.25, 0.3) is 0 Å². The average Bonchev–Trinajstić information content (AvgIpc) is 2.59. The Morgan fingerprint density at radius 3 is 2.40 bits per heavy atom. The molecule has 0 bridgehead atoms. The molecule has 0 aliphatic carbocycles. The summed E-state index contributed by atoms with van der Waals surface area (Å²) in [6.45, 7) is 4.28. The highest BCUT2D eigenvalue weighted by atomic mass is 32.2. The van der Waals surface area contributed by atoms with Crippen molar-refractivity contribution < 1.29 is 22.7 Å². The number of hydrogen-bond acceptors (Lipinski definition) is 5. The molecule has 0 aliphatic rings. The van der Waals surface area contributed by atoms with E-state index >= 15 is 0 Å². The second kappa shape index (κ2) is 8.78. The lowest BCUT2D eigenvalue weighted by Gasteiger charge is -2.09. The Morgan fingerprint density at radius 2 is 1.72 bits per heavy atom. The second-order valence-electron chi connectivity index (χ2n) is 5.83. The molecule has 2 aromatic carbocycles. The van der Waals surface area contributed by atoms with Gasteiger partial charge in [0.1, 0.15) is 6.61 Å². The molecule has 2 aromatic rings. The summed E-state index contributed by atoms with van der Waals surface area (Å²) in [4.78, 5) is 12.3. The van der Waals surface area contributed by atoms with Gasteiger partial charge in [0.05, 0.1) is 28.9 Å². The zero-order valence-electron chi connectivity index (χ0n) is 14.3. The van der Waals surface area contributed by atoms with Crippen molar-refractivity contribution in [2.75, 3.05) is 13.2 Å². The smallest absolute Gasteiger partial charge is 0.338 e. The summed E-state index contributed by atoms with van der Waals surface area (Å²) < 4.78 is 35.3. The van der Waals surface area contributed by atoms with Gasteiger partial charge in [-0.05, 0) is 43.7 Å². The van der Waals surface area contributed by atoms with Crippen LogP contribution in [0.15, 0.2) is 59.5 Å². The summed E-state index contributed by atoms with van der Waals surface area (Å²) in [5, 5.41) is 0. The van der Waals surface area contributed by atoms with Crippen molar-refractivity contribution in [1.82, 2.24) is 0 Å². The van der Waals surface area contributed by atoms with Gasteiger partial charge in [-0.25, -0.2) is 13.2 Å². The lowest BCUT2D eigenvalue weighted by molar-refractivity contribution is 0.0177. The van der Waals surface area contributed by atoms with Gasteiger partial charge in [-0.2, -0.15) is 0 Å². The molecule has 0 radical (unpaired) electrons. The minimum absolute atomic E-state index is 0.0743. The predicted molar refractivity (Wildman–Crippen MR) is 95.1 cm³/mol. The van der Waals surface area contributed by atoms with Crippen LogP contribution in [-0.2, 0) is 25.1 Å². The van der Waals surface area contributed by atoms with Gasteiger partial charge in [-0.1, -0.05) is 30.3 Å². The first-order chi connectivity index (χ1) is 11.9. The number of rotatable bonds is 8. The van der Waals surface area contributed by atoms with E-state index in [9.17, 15) is 13.2 Å². The molecule has 25 heavy (non-hydrogen) atoms. The normalized spacial score (nSPS) is 11.5. The number of carbonyl (C=O) groups excluding carboxylic acids is 1. The summed E-state index contributed by atoms with van der Waals surface area (Å²) in [5.41, 5.74) is 0.863. The van der Waals surface area contributed by atoms with E-state index in [-0.39, 0.29) is 23.4 Å². The zero-order chi connectivity index (χ0) is 18.3. The maximum Gasteiger partial charge on any atom is 0.338 e. The van der Waals surface area contributed by atoms with Crippen molar-refractivity contribution in [3.05, 3.63) is 65.7 Å². The fourth-order valence-corrected chi connectivity index (χ4v) is 3.58. The van der Waals surface area contributed by atoms with Crippen LogP contribution in [0.3, 0.4) is 0 Å². The molecule has 134 valence electrons. The van der Waals surface area contributed by atoms with Gasteiger partial charge in [0.2, 0.25) is 0 Å². The highest BCUT2D eigenvalue weighted by Crippen LogP contribution is 2.17. The molecular formula is C19H22O5S. The Kier molecular flexibility index (Phi) is 6.73. The quantitative estimate of drug-likeness (QED) is 0.533. The van der Waals surface area contributed by atoms with Crippen LogP contribution < -0.4 is 0 Å². The molecular weight excluding hydrogens is 340 g/mol. The third-order valence-electron chi connectivity index (χ3n) is 3.39. The fourth-order valence-electron chi connectivity index (χ4n) is 2.22. The molecule has 6 heteroatoms. The highest BCUT2D eigenvalue weighted by Gasteiger charge is 2.16. The van der Waals surface area contributed by atoms with Crippen molar-refractivity contribution in [2.24, 2.45) is 0 Å². The SMILES string of the molecule is CC(C)OCCOC(=O)c1cccc(CS(=O)(=O)c2ccccc2)c1. The second-order valence-corrected chi connectivity index (χ2v) is 7.82. The van der Waals surface area contributed by atoms with Crippen molar-refractivity contribution in [3.63, 3.8) is 0 Å². The largest absolute Gasteiger partial charge is 0.460 e. The van der Waals surface area contributed by atoms with Crippen LogP contribution in [0.2, 0.25) is 0 Å². The average molecular weight is 362 g/mol. The lowest BCUT2D eigenvalue weighted by atomic mass is 10.1. The standard InChI is InChI=1S/C19H22O5S/c1-15(2)23-11-12-24-19(20)17-8-6-7-16(13-17)14-25(21,22)18-9-4-3-5-10-18/h3-10,13,15H,11-12,14H2,1-2H3. The summed E-state index contributed by atoms with van der Waals surface area (Å²) in [6, 6.07) is 14.7. The third kappa shape index (κ3) is 5.99. The fraction of sp³-hybridized carbons (Fsp3) is 0.316. The lowest BCUT2D eigenvalue weighted by Crippen LogP contribution is -2.14. The van der Waals surface area contributed by atoms with E-state index in [1.165, 1.54) is 0 Å². The minimum atomic E-state index is -3.46. The Bertz CT molecular complexity index is 798. The number of benzene rings is 2. The molecule has 0 saturated carbocycles. The van der Waals surface area contributed by atoms with Crippen LogP contribution in [0.4, 0.5) is 0 Å². The summed E-state index contributed by atoms with van der Waals surface area (Å²) in [7, 11) is -3.46. The number of carbonyl (C=O) groups is 1. The van der Waals surface area contributed by atoms with Crippen LogP contribution in [0.1, 0.15) is 29.8 Å². The number of hydrogen-bond donors (Lipinski definition) is 0. The van der Waals surface area contributed by atoms with Crippen molar-refractivity contribution >= 4 is 15.8 Å². The Balaban J connectivity index is 2.02. The van der Waals surface area contributed by atoms with E-state index in [2.05, 4.69) is 0 Å². The van der Waals surface area contributed by atoms with E-state index < -0.39 is 15.8 Å². The first-order valence-electron chi connectivity index (χ1n) is 8.04. The van der Waals surface area contributed by atoms with E-state index in [0.717, 1.165) is 0 Å². The Labute approximate surface area is 148 Å². The molecule has 0 heterocycles. The van der Waals surface area contributed by atoms with E-state index in [0.29, 0.717) is 17.7 Å². The van der Waals surface area contributed by atoms with Gasteiger partial charge >= 0.3 is 5.97 Å². The van der Waals surface area contributed by atoms with E-state index in [4.69, 9.17) is 9.47 Å². The molecule has 0 unspecified atom stereocenters. The van der Waals surface area contributed by atoms with E-state index in [1.54, 1.807) is 54.6 Å². The maximum atomic E-state index is 12.4. The number of ether oxygens (including phenoxy) is 2. The molecule has 2 rings (SSSR count). The van der Waals surface area contributed by atoms with Gasteiger partial charge in [0.15, 0.2) is 9.84 Å². The summed E-state index contributed by atoms with van der Waals surface area (Å²) in [5.74, 6) is -0.666. The van der Waals surface area contributed by atoms with Crippen molar-refractivity contribution in [2.45, 2.75) is 30.6 Å². The van der Waals surface area contributed by atoms with Crippen molar-refractivity contribution in [1.29, 1.82) is 0 Å². The zero-order valence-corrected chi connectivity index (χ0v) is 15.2. The predicted octanol–water partition coefficient (Wildman–Crippen LogP) is 3.24.